The quantitative estimate of drug-likeness (QED) is 0.846. The van der Waals surface area contributed by atoms with Crippen LogP contribution >= 0.6 is 0 Å². The second-order valence-electron chi connectivity index (χ2n) is 7.42. The van der Waals surface area contributed by atoms with Crippen LogP contribution in [0.5, 0.6) is 11.5 Å². The van der Waals surface area contributed by atoms with Gasteiger partial charge in [0.2, 0.25) is 0 Å². The van der Waals surface area contributed by atoms with Gasteiger partial charge in [-0.25, -0.2) is 0 Å². The van der Waals surface area contributed by atoms with Gasteiger partial charge in [0.15, 0.2) is 5.76 Å². The van der Waals surface area contributed by atoms with Gasteiger partial charge >= 0.3 is 0 Å². The van der Waals surface area contributed by atoms with E-state index in [1.165, 1.54) is 12.8 Å². The first-order chi connectivity index (χ1) is 13.1. The molecule has 2 aliphatic rings. The lowest BCUT2D eigenvalue weighted by Crippen LogP contribution is -2.48. The zero-order valence-electron chi connectivity index (χ0n) is 15.8. The van der Waals surface area contributed by atoms with E-state index in [9.17, 15) is 4.79 Å². The van der Waals surface area contributed by atoms with Crippen LogP contribution in [-0.2, 0) is 6.61 Å². The van der Waals surface area contributed by atoms with Crippen LogP contribution in [0.4, 0.5) is 0 Å². The van der Waals surface area contributed by atoms with Crippen LogP contribution in [-0.4, -0.2) is 43.1 Å². The molecule has 0 spiro atoms. The van der Waals surface area contributed by atoms with Gasteiger partial charge in [-0.15, -0.1) is 0 Å². The monoisotopic (exact) mass is 370 g/mol. The van der Waals surface area contributed by atoms with Gasteiger partial charge in [0.25, 0.3) is 5.91 Å². The Labute approximate surface area is 159 Å². The molecule has 2 bridgehead atoms. The molecule has 6 nitrogen and oxygen atoms in total. The number of amides is 1. The van der Waals surface area contributed by atoms with Crippen molar-refractivity contribution in [3.63, 3.8) is 0 Å². The summed E-state index contributed by atoms with van der Waals surface area (Å²) in [6.45, 7) is 0.276. The molecule has 4 rings (SSSR count). The van der Waals surface area contributed by atoms with Crippen molar-refractivity contribution < 1.29 is 18.7 Å². The molecule has 0 saturated carbocycles. The Bertz CT molecular complexity index is 772. The van der Waals surface area contributed by atoms with Gasteiger partial charge in [-0.2, -0.15) is 0 Å². The molecular formula is C21H26N2O4. The summed E-state index contributed by atoms with van der Waals surface area (Å²) in [6, 6.07) is 12.3. The Morgan fingerprint density at radius 1 is 1.11 bits per heavy atom. The van der Waals surface area contributed by atoms with Gasteiger partial charge < -0.3 is 24.1 Å². The predicted molar refractivity (Wildman–Crippen MR) is 101 cm³/mol. The first-order valence-electron chi connectivity index (χ1n) is 9.50. The molecular weight excluding hydrogens is 344 g/mol. The average Bonchev–Trinajstić information content (AvgIpc) is 3.22. The van der Waals surface area contributed by atoms with Gasteiger partial charge in [0.05, 0.1) is 7.11 Å². The van der Waals surface area contributed by atoms with Crippen LogP contribution in [0, 0.1) is 0 Å². The minimum absolute atomic E-state index is 0.139. The average molecular weight is 370 g/mol. The number of hydrogen-bond donors (Lipinski definition) is 1. The summed E-state index contributed by atoms with van der Waals surface area (Å²) in [7, 11) is 3.82. The van der Waals surface area contributed by atoms with E-state index in [0.29, 0.717) is 23.6 Å². The van der Waals surface area contributed by atoms with E-state index in [-0.39, 0.29) is 18.6 Å². The number of nitrogens with one attached hydrogen (secondary N) is 1. The lowest BCUT2D eigenvalue weighted by molar-refractivity contribution is 0.0851. The van der Waals surface area contributed by atoms with Crippen LogP contribution in [0.2, 0.25) is 0 Å². The molecule has 2 aromatic rings. The van der Waals surface area contributed by atoms with Crippen LogP contribution < -0.4 is 14.8 Å². The van der Waals surface area contributed by atoms with E-state index in [0.717, 1.165) is 24.3 Å². The number of piperidine rings is 1. The number of methoxy groups -OCH3 is 1. The summed E-state index contributed by atoms with van der Waals surface area (Å²) < 4.78 is 16.5. The second-order valence-corrected chi connectivity index (χ2v) is 7.42. The van der Waals surface area contributed by atoms with Gasteiger partial charge in [-0.05, 0) is 69.1 Å². The number of furan rings is 1. The molecule has 2 saturated heterocycles. The molecule has 3 heterocycles. The fraction of sp³-hybridized carbons (Fsp3) is 0.476. The molecule has 27 heavy (non-hydrogen) atoms. The molecule has 0 radical (unpaired) electrons. The van der Waals surface area contributed by atoms with Crippen LogP contribution in [0.15, 0.2) is 40.8 Å². The van der Waals surface area contributed by atoms with Gasteiger partial charge in [-0.1, -0.05) is 0 Å². The lowest BCUT2D eigenvalue weighted by atomic mass is 9.98. The van der Waals surface area contributed by atoms with E-state index in [1.54, 1.807) is 19.2 Å². The minimum Gasteiger partial charge on any atom is -0.497 e. The zero-order valence-corrected chi connectivity index (χ0v) is 15.8. The smallest absolute Gasteiger partial charge is 0.287 e. The molecule has 2 atom stereocenters. The van der Waals surface area contributed by atoms with Crippen molar-refractivity contribution in [3.05, 3.63) is 47.9 Å². The highest BCUT2D eigenvalue weighted by atomic mass is 16.5. The Kier molecular flexibility index (Phi) is 5.07. The maximum absolute atomic E-state index is 12.5. The standard InChI is InChI=1S/C21H26N2O4/c1-23-15-3-4-16(23)12-14(11-15)22-21(24)20-10-9-19(27-20)13-26-18-7-5-17(25-2)6-8-18/h5-10,14-16H,3-4,11-13H2,1-2H3,(H,22,24). The molecule has 144 valence electrons. The Balaban J connectivity index is 1.30. The van der Waals surface area contributed by atoms with Gasteiger partial charge in [0.1, 0.15) is 23.9 Å². The third-order valence-electron chi connectivity index (χ3n) is 5.76. The fourth-order valence-electron chi connectivity index (χ4n) is 4.19. The fourth-order valence-corrected chi connectivity index (χ4v) is 4.19. The molecule has 1 amide bonds. The Morgan fingerprint density at radius 3 is 2.44 bits per heavy atom. The molecule has 1 aromatic heterocycles. The predicted octanol–water partition coefficient (Wildman–Crippen LogP) is 3.22. The summed E-state index contributed by atoms with van der Waals surface area (Å²) in [4.78, 5) is 15.0. The van der Waals surface area contributed by atoms with Crippen molar-refractivity contribution >= 4 is 5.91 Å². The van der Waals surface area contributed by atoms with Crippen LogP contribution in [0.25, 0.3) is 0 Å². The number of ether oxygens (including phenoxy) is 2. The number of carbonyl (C=O) groups excluding carboxylic acids is 1. The Hall–Kier alpha value is -2.47. The third-order valence-corrected chi connectivity index (χ3v) is 5.76. The normalized spacial score (nSPS) is 24.6. The summed E-state index contributed by atoms with van der Waals surface area (Å²) in [5.41, 5.74) is 0. The number of carbonyl (C=O) groups is 1. The maximum Gasteiger partial charge on any atom is 0.287 e. The molecule has 0 aliphatic carbocycles. The highest BCUT2D eigenvalue weighted by Crippen LogP contribution is 2.34. The van der Waals surface area contributed by atoms with Crippen molar-refractivity contribution in [2.75, 3.05) is 14.2 Å². The first kappa shape index (κ1) is 17.9. The van der Waals surface area contributed by atoms with E-state index in [2.05, 4.69) is 17.3 Å². The zero-order chi connectivity index (χ0) is 18.8. The van der Waals surface area contributed by atoms with Crippen molar-refractivity contribution in [1.29, 1.82) is 0 Å². The molecule has 2 unspecified atom stereocenters. The maximum atomic E-state index is 12.5. The molecule has 2 aliphatic heterocycles. The van der Waals surface area contributed by atoms with E-state index >= 15 is 0 Å². The molecule has 2 fully saturated rings. The topological polar surface area (TPSA) is 63.9 Å². The van der Waals surface area contributed by atoms with E-state index in [1.807, 2.05) is 24.3 Å². The molecule has 1 N–H and O–H groups in total. The molecule has 6 heteroatoms. The van der Waals surface area contributed by atoms with Crippen molar-refractivity contribution in [1.82, 2.24) is 10.2 Å². The van der Waals surface area contributed by atoms with Gasteiger partial charge in [-0.3, -0.25) is 4.79 Å². The summed E-state index contributed by atoms with van der Waals surface area (Å²) in [6.07, 6.45) is 4.52. The highest BCUT2D eigenvalue weighted by Gasteiger charge is 2.39. The largest absolute Gasteiger partial charge is 0.497 e. The van der Waals surface area contributed by atoms with Crippen molar-refractivity contribution in [2.24, 2.45) is 0 Å². The van der Waals surface area contributed by atoms with Crippen molar-refractivity contribution in [2.45, 2.75) is 50.4 Å². The highest BCUT2D eigenvalue weighted by molar-refractivity contribution is 5.91. The third kappa shape index (κ3) is 3.95. The minimum atomic E-state index is -0.139. The van der Waals surface area contributed by atoms with E-state index in [4.69, 9.17) is 13.9 Å². The van der Waals surface area contributed by atoms with E-state index < -0.39 is 0 Å². The first-order valence-corrected chi connectivity index (χ1v) is 9.50. The Morgan fingerprint density at radius 2 is 1.78 bits per heavy atom. The SMILES string of the molecule is COc1ccc(OCc2ccc(C(=O)NC3CC4CCC(C3)N4C)o2)cc1. The number of rotatable bonds is 6. The lowest BCUT2D eigenvalue weighted by Gasteiger charge is -2.36. The van der Waals surface area contributed by atoms with Crippen LogP contribution in [0.1, 0.15) is 42.0 Å². The number of nitrogens with zero attached hydrogens (tertiary/aromatic N) is 1. The number of hydrogen-bond acceptors (Lipinski definition) is 5. The number of benzene rings is 1. The number of fused-ring (bicyclic) bond motifs is 2. The summed E-state index contributed by atoms with van der Waals surface area (Å²) in [5, 5.41) is 3.14. The second kappa shape index (κ2) is 7.64. The molecule has 1 aromatic carbocycles. The summed E-state index contributed by atoms with van der Waals surface area (Å²) >= 11 is 0. The van der Waals surface area contributed by atoms with Crippen LogP contribution in [0.3, 0.4) is 0 Å². The van der Waals surface area contributed by atoms with Crippen molar-refractivity contribution in [3.8, 4) is 11.5 Å². The summed E-state index contributed by atoms with van der Waals surface area (Å²) in [5.74, 6) is 2.33. The van der Waals surface area contributed by atoms with Gasteiger partial charge in [0, 0.05) is 18.1 Å².